The molecule has 0 spiro atoms. The Bertz CT molecular complexity index is 723. The molecule has 2 rings (SSSR count). The lowest BCUT2D eigenvalue weighted by Gasteiger charge is -2.22. The van der Waals surface area contributed by atoms with Gasteiger partial charge in [-0.05, 0) is 45.4 Å². The van der Waals surface area contributed by atoms with Crippen molar-refractivity contribution in [3.8, 4) is 0 Å². The number of ether oxygens (including phenoxy) is 1. The third kappa shape index (κ3) is 3.26. The maximum absolute atomic E-state index is 12.1. The predicted octanol–water partition coefficient (Wildman–Crippen LogP) is 2.57. The summed E-state index contributed by atoms with van der Waals surface area (Å²) in [6, 6.07) is 5.44. The van der Waals surface area contributed by atoms with Crippen LogP contribution in [0.1, 0.15) is 39.2 Å². The van der Waals surface area contributed by atoms with Gasteiger partial charge in [0.05, 0.1) is 10.6 Å². The summed E-state index contributed by atoms with van der Waals surface area (Å²) in [6.45, 7) is 7.31. The summed E-state index contributed by atoms with van der Waals surface area (Å²) in [7, 11) is 1.45. The first-order chi connectivity index (χ1) is 9.73. The summed E-state index contributed by atoms with van der Waals surface area (Å²) in [4.78, 5) is 28.7. The minimum Gasteiger partial charge on any atom is -0.460 e. The first-order valence-corrected chi connectivity index (χ1v) is 7.47. The second-order valence-corrected chi connectivity index (χ2v) is 6.82. The molecule has 1 heterocycles. The van der Waals surface area contributed by atoms with Crippen LogP contribution in [0.2, 0.25) is 0 Å². The van der Waals surface area contributed by atoms with Gasteiger partial charge in [0.2, 0.25) is 0 Å². The number of hydrogen-bond acceptors (Lipinski definition) is 5. The van der Waals surface area contributed by atoms with Gasteiger partial charge in [0.1, 0.15) is 18.2 Å². The number of nitrogens with zero attached hydrogens (tertiary/aromatic N) is 1. The van der Waals surface area contributed by atoms with Gasteiger partial charge in [-0.25, -0.2) is 0 Å². The molecule has 0 aliphatic heterocycles. The molecule has 0 fully saturated rings. The smallest absolute Gasteiger partial charge is 0.340 e. The van der Waals surface area contributed by atoms with Gasteiger partial charge in [-0.1, -0.05) is 17.4 Å². The number of carbonyl (C=O) groups excluding carboxylic acids is 1. The Morgan fingerprint density at radius 2 is 2.00 bits per heavy atom. The lowest BCUT2D eigenvalue weighted by molar-refractivity contribution is -0.156. The highest BCUT2D eigenvalue weighted by Crippen LogP contribution is 2.25. The van der Waals surface area contributed by atoms with Gasteiger partial charge in [0.25, 0.3) is 0 Å². The van der Waals surface area contributed by atoms with Crippen LogP contribution in [0.3, 0.4) is 0 Å². The maximum Gasteiger partial charge on any atom is 0.340 e. The molecule has 0 bridgehead atoms. The average molecular weight is 309 g/mol. The van der Waals surface area contributed by atoms with Crippen LogP contribution in [-0.4, -0.2) is 23.4 Å². The van der Waals surface area contributed by atoms with Crippen molar-refractivity contribution in [2.45, 2.75) is 39.2 Å². The summed E-state index contributed by atoms with van der Waals surface area (Å²) in [5.41, 5.74) is 1.01. The van der Waals surface area contributed by atoms with Crippen molar-refractivity contribution in [1.29, 1.82) is 0 Å². The summed E-state index contributed by atoms with van der Waals surface area (Å²) in [6.07, 6.45) is 0. The quantitative estimate of drug-likeness (QED) is 0.818. The van der Waals surface area contributed by atoms with Crippen molar-refractivity contribution in [2.24, 2.45) is 0 Å². The molecule has 0 saturated carbocycles. The van der Waals surface area contributed by atoms with Gasteiger partial charge >= 0.3 is 10.8 Å². The number of fused-ring (bicyclic) bond motifs is 1. The lowest BCUT2D eigenvalue weighted by Crippen LogP contribution is -2.26. The van der Waals surface area contributed by atoms with Crippen molar-refractivity contribution in [3.63, 3.8) is 0 Å². The van der Waals surface area contributed by atoms with Crippen molar-refractivity contribution in [1.82, 2.24) is 4.73 Å². The lowest BCUT2D eigenvalue weighted by atomic mass is 10.0. The van der Waals surface area contributed by atoms with Crippen LogP contribution < -0.4 is 9.71 Å². The molecule has 0 saturated heterocycles. The molecule has 0 radical (unpaired) electrons. The van der Waals surface area contributed by atoms with E-state index in [-0.39, 0.29) is 16.8 Å². The Kier molecular flexibility index (Phi) is 4.09. The van der Waals surface area contributed by atoms with Crippen molar-refractivity contribution >= 4 is 27.5 Å². The third-order valence-corrected chi connectivity index (χ3v) is 3.90. The summed E-state index contributed by atoms with van der Waals surface area (Å²) < 4.78 is 7.41. The molecule has 1 unspecified atom stereocenters. The van der Waals surface area contributed by atoms with Gasteiger partial charge < -0.3 is 9.57 Å². The summed E-state index contributed by atoms with van der Waals surface area (Å²) >= 11 is 1.09. The van der Waals surface area contributed by atoms with Gasteiger partial charge in [-0.2, -0.15) is 0 Å². The molecule has 6 heteroatoms. The van der Waals surface area contributed by atoms with Crippen LogP contribution in [-0.2, 0) is 9.53 Å². The molecule has 0 N–H and O–H groups in total. The van der Waals surface area contributed by atoms with E-state index < -0.39 is 5.60 Å². The Balaban J connectivity index is 2.35. The molecule has 114 valence electrons. The molecule has 0 amide bonds. The van der Waals surface area contributed by atoms with E-state index in [1.807, 2.05) is 32.9 Å². The maximum atomic E-state index is 12.1. The molecule has 21 heavy (non-hydrogen) atoms. The van der Waals surface area contributed by atoms with Crippen LogP contribution in [0.25, 0.3) is 10.2 Å². The van der Waals surface area contributed by atoms with E-state index in [2.05, 4.69) is 0 Å². The highest BCUT2D eigenvalue weighted by atomic mass is 32.1. The Hall–Kier alpha value is -1.82. The fourth-order valence-electron chi connectivity index (χ4n) is 1.98. The number of aromatic nitrogens is 1. The van der Waals surface area contributed by atoms with E-state index in [1.165, 1.54) is 11.8 Å². The Morgan fingerprint density at radius 1 is 1.33 bits per heavy atom. The topological polar surface area (TPSA) is 57.5 Å². The number of esters is 1. The highest BCUT2D eigenvalue weighted by molar-refractivity contribution is 7.16. The minimum absolute atomic E-state index is 0.186. The Morgan fingerprint density at radius 3 is 2.57 bits per heavy atom. The first kappa shape index (κ1) is 15.6. The van der Waals surface area contributed by atoms with Gasteiger partial charge in [0, 0.05) is 0 Å². The fourth-order valence-corrected chi connectivity index (χ4v) is 2.88. The first-order valence-electron chi connectivity index (χ1n) is 6.66. The molecule has 5 nitrogen and oxygen atoms in total. The number of carbonyl (C=O) groups is 1. The second kappa shape index (κ2) is 5.52. The van der Waals surface area contributed by atoms with Crippen LogP contribution >= 0.6 is 11.3 Å². The molecule has 2 aromatic rings. The van der Waals surface area contributed by atoms with E-state index >= 15 is 0 Å². The monoisotopic (exact) mass is 309 g/mol. The van der Waals surface area contributed by atoms with E-state index in [0.717, 1.165) is 21.6 Å². The van der Waals surface area contributed by atoms with Crippen LogP contribution in [0.4, 0.5) is 0 Å². The van der Waals surface area contributed by atoms with Crippen molar-refractivity contribution in [3.05, 3.63) is 33.4 Å². The third-order valence-electron chi connectivity index (χ3n) is 3.01. The zero-order chi connectivity index (χ0) is 15.8. The highest BCUT2D eigenvalue weighted by Gasteiger charge is 2.23. The van der Waals surface area contributed by atoms with Crippen LogP contribution in [0.5, 0.6) is 0 Å². The molecule has 0 aliphatic rings. The number of thiazole rings is 1. The molecular weight excluding hydrogens is 290 g/mol. The Labute approximate surface area is 127 Å². The van der Waals surface area contributed by atoms with Crippen molar-refractivity contribution < 1.29 is 14.4 Å². The zero-order valence-electron chi connectivity index (χ0n) is 12.8. The predicted molar refractivity (Wildman–Crippen MR) is 82.8 cm³/mol. The largest absolute Gasteiger partial charge is 0.460 e. The fraction of sp³-hybridized carbons (Fsp3) is 0.467. The number of hydrogen-bond donors (Lipinski definition) is 0. The molecule has 1 atom stereocenters. The van der Waals surface area contributed by atoms with E-state index in [0.29, 0.717) is 5.52 Å². The van der Waals surface area contributed by atoms with Gasteiger partial charge in [-0.3, -0.25) is 9.59 Å². The van der Waals surface area contributed by atoms with E-state index in [9.17, 15) is 9.59 Å². The molecular formula is C15H19NO4S. The minimum atomic E-state index is -0.514. The zero-order valence-corrected chi connectivity index (χ0v) is 13.6. The van der Waals surface area contributed by atoms with E-state index in [4.69, 9.17) is 9.57 Å². The summed E-state index contributed by atoms with van der Waals surface area (Å²) in [5.74, 6) is -0.665. The van der Waals surface area contributed by atoms with Crippen LogP contribution in [0.15, 0.2) is 23.0 Å². The number of rotatable bonds is 3. The normalized spacial score (nSPS) is 13.2. The molecule has 1 aromatic heterocycles. The van der Waals surface area contributed by atoms with Crippen LogP contribution in [0, 0.1) is 0 Å². The van der Waals surface area contributed by atoms with Gasteiger partial charge in [0.15, 0.2) is 0 Å². The standard InChI is InChI=1S/C15H19NO4S/c1-9(13(17)20-15(2,3)4)10-6-7-11-12(8-10)21-14(18)16(11)19-5/h6-9H,1-5H3. The van der Waals surface area contributed by atoms with E-state index in [1.54, 1.807) is 13.0 Å². The summed E-state index contributed by atoms with van der Waals surface area (Å²) in [5, 5.41) is 0. The SMILES string of the molecule is COn1c(=O)sc2cc(C(C)C(=O)OC(C)(C)C)ccc21. The molecule has 1 aromatic carbocycles. The average Bonchev–Trinajstić information content (AvgIpc) is 2.69. The van der Waals surface area contributed by atoms with Crippen molar-refractivity contribution in [2.75, 3.05) is 7.11 Å². The number of benzene rings is 1. The molecule has 0 aliphatic carbocycles. The van der Waals surface area contributed by atoms with Gasteiger partial charge in [-0.15, -0.1) is 4.73 Å². The second-order valence-electron chi connectivity index (χ2n) is 5.83.